The molecule has 0 unspecified atom stereocenters. The summed E-state index contributed by atoms with van der Waals surface area (Å²) in [7, 11) is 1.59. The third-order valence-corrected chi connectivity index (χ3v) is 1.87. The summed E-state index contributed by atoms with van der Waals surface area (Å²) in [4.78, 5) is 11.2. The summed E-state index contributed by atoms with van der Waals surface area (Å²) >= 11 is 0. The maximum Gasteiger partial charge on any atom is 0.222 e. The van der Waals surface area contributed by atoms with Gasteiger partial charge in [-0.15, -0.1) is 0 Å². The van der Waals surface area contributed by atoms with Gasteiger partial charge >= 0.3 is 0 Å². The summed E-state index contributed by atoms with van der Waals surface area (Å²) < 4.78 is 4.80. The van der Waals surface area contributed by atoms with E-state index in [0.29, 0.717) is 19.6 Å². The molecule has 0 aromatic heterocycles. The van der Waals surface area contributed by atoms with Crippen LogP contribution in [-0.4, -0.2) is 19.6 Å². The highest BCUT2D eigenvalue weighted by Gasteiger charge is 1.99. The highest BCUT2D eigenvalue weighted by molar-refractivity contribution is 5.75. The topological polar surface area (TPSA) is 38.3 Å². The van der Waals surface area contributed by atoms with Crippen molar-refractivity contribution in [3.63, 3.8) is 0 Å². The molecule has 3 nitrogen and oxygen atoms in total. The Hall–Kier alpha value is -1.35. The van der Waals surface area contributed by atoms with Crippen LogP contribution in [0.25, 0.3) is 0 Å². The van der Waals surface area contributed by atoms with Gasteiger partial charge < -0.3 is 10.1 Å². The predicted octanol–water partition coefficient (Wildman–Crippen LogP) is 1.59. The molecular formula is C11H17NO2. The first-order chi connectivity index (χ1) is 6.83. The first-order valence-electron chi connectivity index (χ1n) is 4.62. The van der Waals surface area contributed by atoms with E-state index in [1.165, 1.54) is 0 Å². The molecule has 0 heterocycles. The van der Waals surface area contributed by atoms with Crippen LogP contribution in [0.1, 0.15) is 13.4 Å². The summed E-state index contributed by atoms with van der Waals surface area (Å²) in [5.41, 5.74) is 1.11. The molecule has 0 aliphatic carbocycles. The lowest BCUT2D eigenvalue weighted by atomic mass is 10.2. The number of rotatable bonds is 5. The van der Waals surface area contributed by atoms with Crippen LogP contribution in [0.15, 0.2) is 30.3 Å². The highest BCUT2D eigenvalue weighted by atomic mass is 16.5. The van der Waals surface area contributed by atoms with E-state index in [-0.39, 0.29) is 7.33 Å². The van der Waals surface area contributed by atoms with Crippen molar-refractivity contribution >= 4 is 5.91 Å². The quantitative estimate of drug-likeness (QED) is 0.774. The second-order valence-electron chi connectivity index (χ2n) is 3.01. The largest absolute Gasteiger partial charge is 0.384 e. The van der Waals surface area contributed by atoms with Gasteiger partial charge in [-0.1, -0.05) is 30.3 Å². The molecule has 0 fully saturated rings. The van der Waals surface area contributed by atoms with E-state index in [0.717, 1.165) is 5.56 Å². The van der Waals surface area contributed by atoms with E-state index in [1.54, 1.807) is 7.11 Å². The van der Waals surface area contributed by atoms with Gasteiger partial charge in [0, 0.05) is 21.5 Å². The van der Waals surface area contributed by atoms with Gasteiger partial charge in [-0.05, 0) is 5.56 Å². The standard InChI is InChI=1S/C11H15NO2.H2/c1-14-8-7-11(13)12-9-10-5-3-2-4-6-10;/h2-6H,7-9H2,1H3,(H,12,13);1H. The summed E-state index contributed by atoms with van der Waals surface area (Å²) in [6, 6.07) is 9.83. The fraction of sp³-hybridized carbons (Fsp3) is 0.364. The van der Waals surface area contributed by atoms with Gasteiger partial charge in [-0.2, -0.15) is 0 Å². The SMILES string of the molecule is COCCC(=O)NCc1ccccc1.[HH]. The normalized spacial score (nSPS) is 9.79. The third-order valence-electron chi connectivity index (χ3n) is 1.87. The molecule has 0 spiro atoms. The second-order valence-corrected chi connectivity index (χ2v) is 3.01. The van der Waals surface area contributed by atoms with Crippen LogP contribution in [0, 0.1) is 0 Å². The molecule has 0 aliphatic heterocycles. The van der Waals surface area contributed by atoms with Gasteiger partial charge in [0.05, 0.1) is 6.61 Å². The zero-order valence-corrected chi connectivity index (χ0v) is 8.32. The maximum absolute atomic E-state index is 11.2. The predicted molar refractivity (Wildman–Crippen MR) is 56.9 cm³/mol. The lowest BCUT2D eigenvalue weighted by Gasteiger charge is -2.04. The Morgan fingerprint density at radius 3 is 2.79 bits per heavy atom. The molecule has 0 saturated carbocycles. The molecule has 1 aromatic rings. The van der Waals surface area contributed by atoms with Gasteiger partial charge in [0.15, 0.2) is 0 Å². The Balaban J connectivity index is 0.00000196. The fourth-order valence-electron chi connectivity index (χ4n) is 1.08. The van der Waals surface area contributed by atoms with Crippen molar-refractivity contribution in [3.05, 3.63) is 35.9 Å². The number of benzene rings is 1. The van der Waals surface area contributed by atoms with Gasteiger partial charge in [0.2, 0.25) is 5.91 Å². The van der Waals surface area contributed by atoms with Crippen LogP contribution in [-0.2, 0) is 16.1 Å². The summed E-state index contributed by atoms with van der Waals surface area (Å²) in [6.45, 7) is 1.06. The van der Waals surface area contributed by atoms with Crippen molar-refractivity contribution in [2.45, 2.75) is 13.0 Å². The van der Waals surface area contributed by atoms with Gasteiger partial charge in [-0.25, -0.2) is 0 Å². The van der Waals surface area contributed by atoms with Crippen molar-refractivity contribution in [1.82, 2.24) is 5.32 Å². The average Bonchev–Trinajstić information content (AvgIpc) is 2.25. The van der Waals surface area contributed by atoms with Crippen molar-refractivity contribution in [1.29, 1.82) is 0 Å². The lowest BCUT2D eigenvalue weighted by molar-refractivity contribution is -0.122. The Kier molecular flexibility index (Phi) is 4.72. The number of ether oxygens (including phenoxy) is 1. The Morgan fingerprint density at radius 1 is 1.43 bits per heavy atom. The molecule has 3 heteroatoms. The van der Waals surface area contributed by atoms with Crippen molar-refractivity contribution in [2.24, 2.45) is 0 Å². The Labute approximate surface area is 85.6 Å². The minimum Gasteiger partial charge on any atom is -0.384 e. The van der Waals surface area contributed by atoms with Gasteiger partial charge in [-0.3, -0.25) is 4.79 Å². The highest BCUT2D eigenvalue weighted by Crippen LogP contribution is 1.97. The number of amides is 1. The van der Waals surface area contributed by atoms with E-state index < -0.39 is 0 Å². The van der Waals surface area contributed by atoms with E-state index in [2.05, 4.69) is 5.32 Å². The second kappa shape index (κ2) is 6.16. The van der Waals surface area contributed by atoms with Crippen molar-refractivity contribution in [3.8, 4) is 0 Å². The smallest absolute Gasteiger partial charge is 0.222 e. The molecule has 0 radical (unpaired) electrons. The zero-order valence-electron chi connectivity index (χ0n) is 8.32. The molecule has 0 saturated heterocycles. The Bertz CT molecular complexity index is 277. The van der Waals surface area contributed by atoms with Crippen LogP contribution < -0.4 is 5.32 Å². The molecule has 14 heavy (non-hydrogen) atoms. The number of hydrogen-bond acceptors (Lipinski definition) is 2. The number of carbonyl (C=O) groups is 1. The van der Waals surface area contributed by atoms with E-state index >= 15 is 0 Å². The molecule has 1 rings (SSSR count). The minimum atomic E-state index is 0. The molecule has 1 N–H and O–H groups in total. The van der Waals surface area contributed by atoms with Crippen molar-refractivity contribution in [2.75, 3.05) is 13.7 Å². The summed E-state index contributed by atoms with van der Waals surface area (Å²) in [5, 5.41) is 2.81. The van der Waals surface area contributed by atoms with Crippen LogP contribution in [0.2, 0.25) is 0 Å². The fourth-order valence-corrected chi connectivity index (χ4v) is 1.08. The van der Waals surface area contributed by atoms with Crippen LogP contribution in [0.3, 0.4) is 0 Å². The number of nitrogens with one attached hydrogen (secondary N) is 1. The van der Waals surface area contributed by atoms with E-state index in [9.17, 15) is 4.79 Å². The zero-order chi connectivity index (χ0) is 10.2. The first-order valence-corrected chi connectivity index (χ1v) is 4.62. The first kappa shape index (κ1) is 10.7. The number of methoxy groups -OCH3 is 1. The van der Waals surface area contributed by atoms with E-state index in [1.807, 2.05) is 30.3 Å². The molecule has 1 aromatic carbocycles. The molecule has 0 aliphatic rings. The monoisotopic (exact) mass is 195 g/mol. The van der Waals surface area contributed by atoms with Gasteiger partial charge in [0.1, 0.15) is 0 Å². The summed E-state index contributed by atoms with van der Waals surface area (Å²) in [5.74, 6) is 0.0238. The maximum atomic E-state index is 11.2. The molecule has 78 valence electrons. The van der Waals surface area contributed by atoms with Crippen molar-refractivity contribution < 1.29 is 11.0 Å². The van der Waals surface area contributed by atoms with Crippen LogP contribution >= 0.6 is 0 Å². The Morgan fingerprint density at radius 2 is 2.14 bits per heavy atom. The summed E-state index contributed by atoms with van der Waals surface area (Å²) in [6.07, 6.45) is 0.420. The molecule has 0 atom stereocenters. The molecule has 0 bridgehead atoms. The van der Waals surface area contributed by atoms with Crippen LogP contribution in [0.5, 0.6) is 0 Å². The lowest BCUT2D eigenvalue weighted by Crippen LogP contribution is -2.23. The third kappa shape index (κ3) is 4.05. The van der Waals surface area contributed by atoms with Gasteiger partial charge in [0.25, 0.3) is 0 Å². The average molecular weight is 195 g/mol. The molecule has 1 amide bonds. The minimum absolute atomic E-state index is 0. The van der Waals surface area contributed by atoms with Crippen LogP contribution in [0.4, 0.5) is 0 Å². The number of hydrogen-bond donors (Lipinski definition) is 1. The molecular weight excluding hydrogens is 178 g/mol. The number of carbonyl (C=O) groups excluding carboxylic acids is 1. The van der Waals surface area contributed by atoms with E-state index in [4.69, 9.17) is 4.74 Å².